The largest absolute Gasteiger partial charge is 0.457 e. The molecule has 3 aliphatic carbocycles. The molecule has 5 aromatic rings. The van der Waals surface area contributed by atoms with Crippen molar-refractivity contribution in [1.82, 2.24) is 0 Å². The molecule has 5 aromatic carbocycles. The first-order chi connectivity index (χ1) is 20.1. The summed E-state index contributed by atoms with van der Waals surface area (Å²) < 4.78 is 6.25. The molecule has 3 aliphatic rings. The maximum absolute atomic E-state index is 12.1. The Morgan fingerprint density at radius 3 is 1.71 bits per heavy atom. The predicted octanol–water partition coefficient (Wildman–Crippen LogP) is 8.06. The van der Waals surface area contributed by atoms with E-state index in [1.54, 1.807) is 0 Å². The van der Waals surface area contributed by atoms with Gasteiger partial charge in [0.2, 0.25) is 0 Å². The van der Waals surface area contributed by atoms with Crippen LogP contribution in [0.5, 0.6) is 11.5 Å². The zero-order valence-corrected chi connectivity index (χ0v) is 22.5. The lowest BCUT2D eigenvalue weighted by atomic mass is 9.79. The van der Waals surface area contributed by atoms with Crippen molar-refractivity contribution in [3.05, 3.63) is 172 Å². The van der Waals surface area contributed by atoms with Crippen molar-refractivity contribution in [1.29, 1.82) is 0 Å². The Kier molecular flexibility index (Phi) is 5.24. The summed E-state index contributed by atoms with van der Waals surface area (Å²) in [6.07, 6.45) is 6.50. The van der Waals surface area contributed by atoms with E-state index in [0.29, 0.717) is 5.75 Å². The van der Waals surface area contributed by atoms with E-state index in [1.165, 1.54) is 16.7 Å². The van der Waals surface area contributed by atoms with Gasteiger partial charge >= 0.3 is 0 Å². The van der Waals surface area contributed by atoms with Crippen LogP contribution < -0.4 is 10.5 Å². The third-order valence-corrected chi connectivity index (χ3v) is 9.01. The molecule has 3 nitrogen and oxygen atoms in total. The molecule has 3 heteroatoms. The maximum Gasteiger partial charge on any atom is 0.141 e. The topological polar surface area (TPSA) is 55.5 Å². The zero-order valence-electron chi connectivity index (χ0n) is 22.5. The molecule has 0 fully saturated rings. The van der Waals surface area contributed by atoms with Crippen LogP contribution in [0.4, 0.5) is 0 Å². The van der Waals surface area contributed by atoms with Gasteiger partial charge in [0.1, 0.15) is 17.1 Å². The fourth-order valence-corrected chi connectivity index (χ4v) is 7.07. The lowest BCUT2D eigenvalue weighted by Gasteiger charge is -2.30. The standard InChI is InChI=1S/C38H29NO2/c39-37(33-13-5-1-9-29(33)30-10-2-6-14-34(30)37)25-17-21-27(22-18-25)41-28-23-19-26(20-24-28)38(40)35-15-7-3-11-31(35)32-12-4-8-16-36(32)38/h1,3-9,11-24,40H,2,10,39H2. The molecule has 0 saturated carbocycles. The number of benzene rings is 5. The zero-order chi connectivity index (χ0) is 27.6. The van der Waals surface area contributed by atoms with Crippen LogP contribution in [-0.2, 0) is 11.1 Å². The van der Waals surface area contributed by atoms with Gasteiger partial charge in [-0.25, -0.2) is 0 Å². The van der Waals surface area contributed by atoms with Gasteiger partial charge in [-0.2, -0.15) is 0 Å². The first kappa shape index (κ1) is 24.1. The number of hydrogen-bond donors (Lipinski definition) is 2. The lowest BCUT2D eigenvalue weighted by Crippen LogP contribution is -2.38. The Hall–Kier alpha value is -4.70. The fourth-order valence-electron chi connectivity index (χ4n) is 7.07. The van der Waals surface area contributed by atoms with Crippen molar-refractivity contribution < 1.29 is 9.84 Å². The van der Waals surface area contributed by atoms with Gasteiger partial charge in [0.25, 0.3) is 0 Å². The van der Waals surface area contributed by atoms with Crippen molar-refractivity contribution in [2.45, 2.75) is 24.0 Å². The number of fused-ring (bicyclic) bond motifs is 5. The summed E-state index contributed by atoms with van der Waals surface area (Å²) in [6, 6.07) is 40.6. The Bertz CT molecular complexity index is 1840. The van der Waals surface area contributed by atoms with E-state index in [0.717, 1.165) is 57.5 Å². The van der Waals surface area contributed by atoms with E-state index in [4.69, 9.17) is 10.5 Å². The minimum absolute atomic E-state index is 0.674. The van der Waals surface area contributed by atoms with Crippen LogP contribution in [0.2, 0.25) is 0 Å². The molecule has 8 rings (SSSR count). The molecular weight excluding hydrogens is 502 g/mol. The van der Waals surface area contributed by atoms with Crippen LogP contribution in [0.3, 0.4) is 0 Å². The SMILES string of the molecule is NC1(c2ccc(Oc3ccc(C4(O)c5ccccc5-c5ccccc54)cc3)cc2)C2=C(CCC=C2)c2ccccc21. The predicted molar refractivity (Wildman–Crippen MR) is 164 cm³/mol. The van der Waals surface area contributed by atoms with Gasteiger partial charge in [0, 0.05) is 11.1 Å². The highest BCUT2D eigenvalue weighted by Gasteiger charge is 2.43. The van der Waals surface area contributed by atoms with Crippen LogP contribution in [0.25, 0.3) is 16.7 Å². The minimum Gasteiger partial charge on any atom is -0.457 e. The smallest absolute Gasteiger partial charge is 0.141 e. The third-order valence-electron chi connectivity index (χ3n) is 9.01. The lowest BCUT2D eigenvalue weighted by molar-refractivity contribution is 0.130. The van der Waals surface area contributed by atoms with Gasteiger partial charge in [-0.15, -0.1) is 0 Å². The van der Waals surface area contributed by atoms with E-state index in [1.807, 2.05) is 72.8 Å². The normalized spacial score (nSPS) is 19.4. The monoisotopic (exact) mass is 531 g/mol. The summed E-state index contributed by atoms with van der Waals surface area (Å²) in [6.45, 7) is 0. The Morgan fingerprint density at radius 2 is 1.10 bits per heavy atom. The van der Waals surface area contributed by atoms with Crippen molar-refractivity contribution >= 4 is 5.57 Å². The molecular formula is C38H29NO2. The van der Waals surface area contributed by atoms with Crippen molar-refractivity contribution in [3.63, 3.8) is 0 Å². The summed E-state index contributed by atoms with van der Waals surface area (Å²) in [5.74, 6) is 1.44. The van der Waals surface area contributed by atoms with E-state index in [-0.39, 0.29) is 0 Å². The van der Waals surface area contributed by atoms with Gasteiger partial charge < -0.3 is 15.6 Å². The second kappa shape index (κ2) is 8.90. The Morgan fingerprint density at radius 1 is 0.585 bits per heavy atom. The van der Waals surface area contributed by atoms with Gasteiger partial charge in [-0.1, -0.05) is 109 Å². The average Bonchev–Trinajstić information content (AvgIpc) is 3.46. The van der Waals surface area contributed by atoms with Crippen molar-refractivity contribution in [2.75, 3.05) is 0 Å². The molecule has 0 heterocycles. The van der Waals surface area contributed by atoms with Crippen LogP contribution in [0.1, 0.15) is 46.2 Å². The van der Waals surface area contributed by atoms with E-state index < -0.39 is 11.1 Å². The second-order valence-electron chi connectivity index (χ2n) is 11.1. The molecule has 0 radical (unpaired) electrons. The summed E-state index contributed by atoms with van der Waals surface area (Å²) >= 11 is 0. The quantitative estimate of drug-likeness (QED) is 0.247. The van der Waals surface area contributed by atoms with Crippen LogP contribution in [0.15, 0.2) is 139 Å². The molecule has 1 atom stereocenters. The van der Waals surface area contributed by atoms with Crippen LogP contribution in [-0.4, -0.2) is 5.11 Å². The van der Waals surface area contributed by atoms with Gasteiger partial charge in [0.15, 0.2) is 0 Å². The van der Waals surface area contributed by atoms with Gasteiger partial charge in [-0.05, 0) is 81.6 Å². The first-order valence-corrected chi connectivity index (χ1v) is 14.2. The van der Waals surface area contributed by atoms with Crippen LogP contribution >= 0.6 is 0 Å². The molecule has 0 spiro atoms. The first-order valence-electron chi connectivity index (χ1n) is 14.2. The Balaban J connectivity index is 1.09. The minimum atomic E-state index is -1.21. The average molecular weight is 532 g/mol. The van der Waals surface area contributed by atoms with Gasteiger partial charge in [-0.3, -0.25) is 0 Å². The summed E-state index contributed by atoms with van der Waals surface area (Å²) in [5.41, 5.74) is 16.1. The fraction of sp³-hybridized carbons (Fsp3) is 0.105. The molecule has 41 heavy (non-hydrogen) atoms. The van der Waals surface area contributed by atoms with E-state index in [9.17, 15) is 5.11 Å². The van der Waals surface area contributed by atoms with Crippen molar-refractivity contribution in [3.8, 4) is 22.6 Å². The molecule has 0 aliphatic heterocycles. The number of rotatable bonds is 4. The number of aliphatic hydroxyl groups is 1. The number of nitrogens with two attached hydrogens (primary N) is 1. The molecule has 0 aromatic heterocycles. The highest BCUT2D eigenvalue weighted by molar-refractivity contribution is 5.85. The maximum atomic E-state index is 12.1. The molecule has 1 unspecified atom stereocenters. The summed E-state index contributed by atoms with van der Waals surface area (Å²) in [7, 11) is 0. The Labute approximate surface area is 239 Å². The highest BCUT2D eigenvalue weighted by atomic mass is 16.5. The van der Waals surface area contributed by atoms with E-state index in [2.05, 4.69) is 60.7 Å². The number of allylic oxidation sites excluding steroid dienone is 2. The molecule has 198 valence electrons. The molecule has 0 saturated heterocycles. The molecule has 3 N–H and O–H groups in total. The van der Waals surface area contributed by atoms with Crippen LogP contribution in [0, 0.1) is 0 Å². The second-order valence-corrected chi connectivity index (χ2v) is 11.1. The summed E-state index contributed by atoms with van der Waals surface area (Å²) in [4.78, 5) is 0. The van der Waals surface area contributed by atoms with Crippen molar-refractivity contribution in [2.24, 2.45) is 5.73 Å². The third kappa shape index (κ3) is 3.40. The summed E-state index contributed by atoms with van der Waals surface area (Å²) in [5, 5.41) is 12.1. The number of ether oxygens (including phenoxy) is 1. The highest BCUT2D eigenvalue weighted by Crippen LogP contribution is 2.52. The molecule has 0 amide bonds. The molecule has 0 bridgehead atoms. The number of hydrogen-bond acceptors (Lipinski definition) is 3. The van der Waals surface area contributed by atoms with E-state index >= 15 is 0 Å². The van der Waals surface area contributed by atoms with Gasteiger partial charge in [0.05, 0.1) is 5.54 Å².